The number of azo groups is 1. The van der Waals surface area contributed by atoms with E-state index in [4.69, 9.17) is 16.6 Å². The summed E-state index contributed by atoms with van der Waals surface area (Å²) in [5, 5.41) is 22.3. The average Bonchev–Trinajstić information content (AvgIpc) is 3.12. The molecule has 0 fully saturated rings. The SMILES string of the molecule is Oc1[nH]c2ccccc2c1N=NC(=S)N/N=C/c1ccoc1. The maximum absolute atomic E-state index is 9.84. The van der Waals surface area contributed by atoms with E-state index in [1.54, 1.807) is 18.6 Å². The third kappa shape index (κ3) is 3.01. The molecule has 0 unspecified atom stereocenters. The minimum Gasteiger partial charge on any atom is -0.493 e. The zero-order valence-corrected chi connectivity index (χ0v) is 12.0. The van der Waals surface area contributed by atoms with Crippen LogP contribution in [0.25, 0.3) is 10.9 Å². The molecule has 0 aliphatic carbocycles. The van der Waals surface area contributed by atoms with Crippen LogP contribution in [0, 0.1) is 0 Å². The fourth-order valence-corrected chi connectivity index (χ4v) is 1.94. The first-order valence-corrected chi connectivity index (χ1v) is 6.71. The molecule has 3 N–H and O–H groups in total. The Hall–Kier alpha value is -3.00. The molecule has 22 heavy (non-hydrogen) atoms. The lowest BCUT2D eigenvalue weighted by Gasteiger charge is -1.94. The Morgan fingerprint density at radius 3 is 3.00 bits per heavy atom. The second-order valence-electron chi connectivity index (χ2n) is 4.30. The molecule has 1 aromatic carbocycles. The normalized spacial score (nSPS) is 11.6. The van der Waals surface area contributed by atoms with E-state index in [-0.39, 0.29) is 11.0 Å². The molecule has 2 aromatic heterocycles. The molecule has 110 valence electrons. The summed E-state index contributed by atoms with van der Waals surface area (Å²) in [7, 11) is 0. The molecule has 0 atom stereocenters. The number of nitrogens with zero attached hydrogens (tertiary/aromatic N) is 3. The Balaban J connectivity index is 1.70. The molecule has 0 saturated heterocycles. The average molecular weight is 313 g/mol. The molecule has 0 aliphatic heterocycles. The lowest BCUT2D eigenvalue weighted by atomic mass is 10.2. The number of H-pyrrole nitrogens is 1. The summed E-state index contributed by atoms with van der Waals surface area (Å²) in [4.78, 5) is 2.81. The van der Waals surface area contributed by atoms with Gasteiger partial charge in [0.2, 0.25) is 11.0 Å². The summed E-state index contributed by atoms with van der Waals surface area (Å²) in [5.41, 5.74) is 4.45. The van der Waals surface area contributed by atoms with Crippen molar-refractivity contribution in [2.45, 2.75) is 0 Å². The summed E-state index contributed by atoms with van der Waals surface area (Å²) in [6, 6.07) is 9.11. The highest BCUT2D eigenvalue weighted by Gasteiger charge is 2.09. The van der Waals surface area contributed by atoms with Crippen molar-refractivity contribution in [3.8, 4) is 5.88 Å². The first-order chi connectivity index (χ1) is 10.7. The van der Waals surface area contributed by atoms with Gasteiger partial charge in [0.25, 0.3) is 0 Å². The van der Waals surface area contributed by atoms with Gasteiger partial charge in [0.05, 0.1) is 24.3 Å². The van der Waals surface area contributed by atoms with Crippen LogP contribution in [0.3, 0.4) is 0 Å². The van der Waals surface area contributed by atoms with Crippen LogP contribution >= 0.6 is 12.2 Å². The van der Waals surface area contributed by atoms with E-state index in [0.717, 1.165) is 16.5 Å². The number of para-hydroxylation sites is 1. The van der Waals surface area contributed by atoms with E-state index in [9.17, 15) is 5.11 Å². The number of benzene rings is 1. The standard InChI is InChI=1S/C14H11N5O2S/c20-13-12(10-3-1-2-4-11(10)16-13)17-19-14(22)18-15-7-9-5-6-21-8-9/h1-8,16,20H,(H,18,22)/b15-7+,19-17?. The fourth-order valence-electron chi connectivity index (χ4n) is 1.84. The second kappa shape index (κ2) is 6.19. The predicted octanol–water partition coefficient (Wildman–Crippen LogP) is 3.46. The van der Waals surface area contributed by atoms with Crippen LogP contribution in [0.5, 0.6) is 5.88 Å². The number of aromatic amines is 1. The van der Waals surface area contributed by atoms with E-state index in [1.165, 1.54) is 6.21 Å². The van der Waals surface area contributed by atoms with Crippen molar-refractivity contribution < 1.29 is 9.52 Å². The molecule has 3 rings (SSSR count). The highest BCUT2D eigenvalue weighted by Crippen LogP contribution is 2.35. The quantitative estimate of drug-likeness (QED) is 0.298. The minimum atomic E-state index is -0.0605. The molecule has 0 amide bonds. The van der Waals surface area contributed by atoms with Crippen LogP contribution in [0.15, 0.2) is 62.6 Å². The highest BCUT2D eigenvalue weighted by atomic mass is 32.1. The Bertz CT molecular complexity index is 851. The second-order valence-corrected chi connectivity index (χ2v) is 4.69. The molecule has 0 spiro atoms. The summed E-state index contributed by atoms with van der Waals surface area (Å²) in [5.74, 6) is -0.0605. The summed E-state index contributed by atoms with van der Waals surface area (Å²) < 4.78 is 4.90. The third-order valence-electron chi connectivity index (χ3n) is 2.82. The number of furan rings is 1. The number of hydrogen-bond donors (Lipinski definition) is 3. The minimum absolute atomic E-state index is 0.0605. The van der Waals surface area contributed by atoms with E-state index < -0.39 is 0 Å². The molecule has 2 heterocycles. The van der Waals surface area contributed by atoms with Gasteiger partial charge in [0.1, 0.15) is 0 Å². The van der Waals surface area contributed by atoms with Gasteiger partial charge in [0.15, 0.2) is 5.69 Å². The van der Waals surface area contributed by atoms with Crippen molar-refractivity contribution >= 4 is 40.1 Å². The Morgan fingerprint density at radius 1 is 1.32 bits per heavy atom. The van der Waals surface area contributed by atoms with Gasteiger partial charge in [-0.05, 0) is 24.4 Å². The summed E-state index contributed by atoms with van der Waals surface area (Å²) >= 11 is 4.99. The number of hydrazone groups is 1. The van der Waals surface area contributed by atoms with Gasteiger partial charge >= 0.3 is 0 Å². The molecule has 7 nitrogen and oxygen atoms in total. The van der Waals surface area contributed by atoms with Crippen LogP contribution in [-0.4, -0.2) is 21.4 Å². The van der Waals surface area contributed by atoms with Gasteiger partial charge in [0, 0.05) is 10.9 Å². The van der Waals surface area contributed by atoms with Gasteiger partial charge in [-0.1, -0.05) is 18.2 Å². The number of hydrogen-bond acceptors (Lipinski definition) is 5. The first kappa shape index (κ1) is 14.0. The van der Waals surface area contributed by atoms with Crippen molar-refractivity contribution in [3.05, 3.63) is 48.4 Å². The molecule has 3 aromatic rings. The van der Waals surface area contributed by atoms with Crippen molar-refractivity contribution in [2.75, 3.05) is 0 Å². The molecule has 0 saturated carbocycles. The zero-order valence-electron chi connectivity index (χ0n) is 11.2. The Labute approximate surface area is 130 Å². The Morgan fingerprint density at radius 2 is 2.18 bits per heavy atom. The number of aromatic nitrogens is 1. The summed E-state index contributed by atoms with van der Waals surface area (Å²) in [6.45, 7) is 0. The number of rotatable bonds is 3. The molecular weight excluding hydrogens is 302 g/mol. The van der Waals surface area contributed by atoms with Crippen LogP contribution in [0.2, 0.25) is 0 Å². The maximum atomic E-state index is 9.84. The lowest BCUT2D eigenvalue weighted by molar-refractivity contribution is 0.459. The van der Waals surface area contributed by atoms with E-state index in [2.05, 4.69) is 25.7 Å². The van der Waals surface area contributed by atoms with Crippen LogP contribution in [0.4, 0.5) is 5.69 Å². The van der Waals surface area contributed by atoms with Gasteiger partial charge in [-0.15, -0.1) is 10.2 Å². The number of fused-ring (bicyclic) bond motifs is 1. The van der Waals surface area contributed by atoms with Crippen LogP contribution in [0.1, 0.15) is 5.56 Å². The largest absolute Gasteiger partial charge is 0.493 e. The molecular formula is C14H11N5O2S. The van der Waals surface area contributed by atoms with Crippen molar-refractivity contribution in [2.24, 2.45) is 15.3 Å². The number of nitrogens with one attached hydrogen (secondary N) is 2. The third-order valence-corrected chi connectivity index (χ3v) is 2.99. The van der Waals surface area contributed by atoms with Crippen LogP contribution < -0.4 is 5.43 Å². The van der Waals surface area contributed by atoms with E-state index in [0.29, 0.717) is 5.69 Å². The van der Waals surface area contributed by atoms with Gasteiger partial charge < -0.3 is 14.5 Å². The van der Waals surface area contributed by atoms with Gasteiger partial charge in [-0.3, -0.25) is 5.43 Å². The number of thiocarbonyl (C=S) groups is 1. The fraction of sp³-hybridized carbons (Fsp3) is 0. The molecule has 0 aliphatic rings. The monoisotopic (exact) mass is 313 g/mol. The predicted molar refractivity (Wildman–Crippen MR) is 86.5 cm³/mol. The highest BCUT2D eigenvalue weighted by molar-refractivity contribution is 7.80. The smallest absolute Gasteiger partial charge is 0.234 e. The van der Waals surface area contributed by atoms with Crippen molar-refractivity contribution in [1.29, 1.82) is 0 Å². The van der Waals surface area contributed by atoms with Crippen LogP contribution in [-0.2, 0) is 0 Å². The van der Waals surface area contributed by atoms with E-state index >= 15 is 0 Å². The summed E-state index contributed by atoms with van der Waals surface area (Å²) in [6.07, 6.45) is 4.62. The molecule has 0 radical (unpaired) electrons. The molecule has 0 bridgehead atoms. The topological polar surface area (TPSA) is 98.3 Å². The Kier molecular flexibility index (Phi) is 3.92. The van der Waals surface area contributed by atoms with Gasteiger partial charge in [-0.25, -0.2) is 0 Å². The zero-order chi connectivity index (χ0) is 15.4. The van der Waals surface area contributed by atoms with Crippen molar-refractivity contribution in [3.63, 3.8) is 0 Å². The van der Waals surface area contributed by atoms with Crippen molar-refractivity contribution in [1.82, 2.24) is 10.4 Å². The number of aromatic hydroxyl groups is 1. The maximum Gasteiger partial charge on any atom is 0.234 e. The van der Waals surface area contributed by atoms with Gasteiger partial charge in [-0.2, -0.15) is 5.10 Å². The molecule has 8 heteroatoms. The first-order valence-electron chi connectivity index (χ1n) is 6.30. The lowest BCUT2D eigenvalue weighted by Crippen LogP contribution is -2.11. The van der Waals surface area contributed by atoms with E-state index in [1.807, 2.05) is 24.3 Å².